The molecule has 0 spiro atoms. The highest BCUT2D eigenvalue weighted by atomic mass is 79.9. The van der Waals surface area contributed by atoms with Crippen LogP contribution in [0.3, 0.4) is 0 Å². The molecule has 0 N–H and O–H groups in total. The third-order valence-corrected chi connectivity index (χ3v) is 2.92. The molecule has 0 bridgehead atoms. The molecular formula is C14H23Br2ClN2O. The summed E-state index contributed by atoms with van der Waals surface area (Å²) >= 11 is 5.84. The molecule has 3 nitrogen and oxygen atoms in total. The van der Waals surface area contributed by atoms with Gasteiger partial charge in [0.25, 0.3) is 0 Å². The monoisotopic (exact) mass is 428 g/mol. The number of rotatable bonds is 6. The minimum atomic E-state index is -0.0174. The van der Waals surface area contributed by atoms with E-state index in [1.165, 1.54) is 0 Å². The fraction of sp³-hybridized carbons (Fsp3) is 0.500. The number of carbonyl (C=O) groups is 1. The van der Waals surface area contributed by atoms with Crippen molar-refractivity contribution in [2.24, 2.45) is 5.92 Å². The van der Waals surface area contributed by atoms with Crippen molar-refractivity contribution in [3.8, 4) is 0 Å². The number of halogens is 3. The van der Waals surface area contributed by atoms with E-state index in [9.17, 15) is 4.79 Å². The maximum absolute atomic E-state index is 12.4. The molecule has 0 aliphatic rings. The van der Waals surface area contributed by atoms with E-state index in [0.29, 0.717) is 5.02 Å². The number of nitrogens with zero attached hydrogens (tertiary/aromatic N) is 2. The van der Waals surface area contributed by atoms with Crippen molar-refractivity contribution in [2.45, 2.75) is 0 Å². The lowest BCUT2D eigenvalue weighted by Gasteiger charge is -2.23. The van der Waals surface area contributed by atoms with E-state index < -0.39 is 0 Å². The summed E-state index contributed by atoms with van der Waals surface area (Å²) in [5, 5.41) is 0.656. The molecule has 0 aromatic heterocycles. The molecular weight excluding hydrogens is 407 g/mol. The van der Waals surface area contributed by atoms with E-state index >= 15 is 0 Å². The second-order valence-electron chi connectivity index (χ2n) is 5.09. The third-order valence-electron chi connectivity index (χ3n) is 2.67. The molecule has 1 aromatic carbocycles. The van der Waals surface area contributed by atoms with Gasteiger partial charge in [-0.2, -0.15) is 0 Å². The van der Waals surface area contributed by atoms with Crippen molar-refractivity contribution in [3.63, 3.8) is 0 Å². The fourth-order valence-electron chi connectivity index (χ4n) is 1.95. The second kappa shape index (κ2) is 10.7. The van der Waals surface area contributed by atoms with Crippen LogP contribution in [0.15, 0.2) is 24.3 Å². The topological polar surface area (TPSA) is 23.6 Å². The third kappa shape index (κ3) is 7.74. The molecule has 0 amide bonds. The largest absolute Gasteiger partial charge is 0.309 e. The zero-order valence-corrected chi connectivity index (χ0v) is 16.5. The van der Waals surface area contributed by atoms with Gasteiger partial charge in [-0.25, -0.2) is 0 Å². The number of benzene rings is 1. The molecule has 6 heteroatoms. The minimum absolute atomic E-state index is 0. The Labute approximate surface area is 147 Å². The molecule has 1 rings (SSSR count). The van der Waals surface area contributed by atoms with Crippen molar-refractivity contribution < 1.29 is 4.79 Å². The van der Waals surface area contributed by atoms with Gasteiger partial charge in [-0.15, -0.1) is 34.0 Å². The molecule has 0 radical (unpaired) electrons. The SMILES string of the molecule is Br.Br.CN(C)CC(CN(C)C)C(=O)c1ccc(Cl)cc1. The first kappa shape index (κ1) is 22.3. The standard InChI is InChI=1S/C14H21ClN2O.2BrH/c1-16(2)9-12(10-17(3)4)14(18)11-5-7-13(15)8-6-11;;/h5-8,12H,9-10H2,1-4H3;2*1H. The fourth-order valence-corrected chi connectivity index (χ4v) is 2.08. The summed E-state index contributed by atoms with van der Waals surface area (Å²) in [4.78, 5) is 16.5. The number of Topliss-reactive ketones (excluding diaryl/α,β-unsaturated/α-hetero) is 1. The predicted octanol–water partition coefficient (Wildman–Crippen LogP) is 3.42. The first-order chi connectivity index (χ1) is 8.40. The molecule has 0 aliphatic carbocycles. The molecule has 0 saturated heterocycles. The summed E-state index contributed by atoms with van der Waals surface area (Å²) in [7, 11) is 7.94. The van der Waals surface area contributed by atoms with Gasteiger partial charge in [-0.1, -0.05) is 11.6 Å². The zero-order chi connectivity index (χ0) is 13.7. The summed E-state index contributed by atoms with van der Waals surface area (Å²) in [5.41, 5.74) is 0.730. The normalized spacial score (nSPS) is 10.4. The lowest BCUT2D eigenvalue weighted by molar-refractivity contribution is 0.0871. The van der Waals surface area contributed by atoms with Gasteiger partial charge in [0.1, 0.15) is 0 Å². The van der Waals surface area contributed by atoms with Crippen LogP contribution in [0.25, 0.3) is 0 Å². The molecule has 0 unspecified atom stereocenters. The van der Waals surface area contributed by atoms with Crippen LogP contribution in [0.1, 0.15) is 10.4 Å². The second-order valence-corrected chi connectivity index (χ2v) is 5.53. The van der Waals surface area contributed by atoms with Crippen LogP contribution in [-0.4, -0.2) is 56.9 Å². The average Bonchev–Trinajstić information content (AvgIpc) is 2.27. The Balaban J connectivity index is 0. The van der Waals surface area contributed by atoms with Gasteiger partial charge in [-0.05, 0) is 52.5 Å². The van der Waals surface area contributed by atoms with Crippen LogP contribution in [0, 0.1) is 5.92 Å². The Kier molecular flexibility index (Phi) is 12.0. The molecule has 0 aliphatic heterocycles. The molecule has 0 heterocycles. The lowest BCUT2D eigenvalue weighted by Crippen LogP contribution is -2.35. The van der Waals surface area contributed by atoms with Crippen LogP contribution in [0.4, 0.5) is 0 Å². The molecule has 116 valence electrons. The van der Waals surface area contributed by atoms with E-state index in [-0.39, 0.29) is 45.7 Å². The Morgan fingerprint density at radius 2 is 1.40 bits per heavy atom. The van der Waals surface area contributed by atoms with Crippen molar-refractivity contribution in [2.75, 3.05) is 41.3 Å². The van der Waals surface area contributed by atoms with Gasteiger partial charge in [-0.3, -0.25) is 4.79 Å². The van der Waals surface area contributed by atoms with Gasteiger partial charge < -0.3 is 9.80 Å². The summed E-state index contributed by atoms with van der Waals surface area (Å²) in [6, 6.07) is 7.11. The van der Waals surface area contributed by atoms with E-state index in [4.69, 9.17) is 11.6 Å². The van der Waals surface area contributed by atoms with Gasteiger partial charge in [0.2, 0.25) is 0 Å². The molecule has 20 heavy (non-hydrogen) atoms. The Morgan fingerprint density at radius 3 is 1.75 bits per heavy atom. The smallest absolute Gasteiger partial charge is 0.168 e. The van der Waals surface area contributed by atoms with Crippen molar-refractivity contribution in [1.82, 2.24) is 9.80 Å². The minimum Gasteiger partial charge on any atom is -0.309 e. The summed E-state index contributed by atoms with van der Waals surface area (Å²) in [6.07, 6.45) is 0. The number of hydrogen-bond acceptors (Lipinski definition) is 3. The highest BCUT2D eigenvalue weighted by Gasteiger charge is 2.21. The maximum Gasteiger partial charge on any atom is 0.168 e. The Hall–Kier alpha value is 0.0600. The van der Waals surface area contributed by atoms with Crippen molar-refractivity contribution in [3.05, 3.63) is 34.9 Å². The van der Waals surface area contributed by atoms with Crippen LogP contribution in [0.5, 0.6) is 0 Å². The van der Waals surface area contributed by atoms with Crippen LogP contribution < -0.4 is 0 Å². The van der Waals surface area contributed by atoms with Gasteiger partial charge in [0.15, 0.2) is 5.78 Å². The molecule has 0 atom stereocenters. The van der Waals surface area contributed by atoms with Crippen LogP contribution in [0.2, 0.25) is 5.02 Å². The van der Waals surface area contributed by atoms with E-state index in [1.807, 2.05) is 38.0 Å². The lowest BCUT2D eigenvalue weighted by atomic mass is 9.96. The summed E-state index contributed by atoms with van der Waals surface area (Å²) in [5.74, 6) is 0.158. The van der Waals surface area contributed by atoms with Crippen molar-refractivity contribution >= 4 is 51.3 Å². The van der Waals surface area contributed by atoms with Gasteiger partial charge >= 0.3 is 0 Å². The Morgan fingerprint density at radius 1 is 1.00 bits per heavy atom. The number of carbonyl (C=O) groups excluding carboxylic acids is 1. The highest BCUT2D eigenvalue weighted by Crippen LogP contribution is 2.14. The first-order valence-corrected chi connectivity index (χ1v) is 6.37. The molecule has 1 aromatic rings. The quantitative estimate of drug-likeness (QED) is 0.646. The highest BCUT2D eigenvalue weighted by molar-refractivity contribution is 8.93. The summed E-state index contributed by atoms with van der Waals surface area (Å²) < 4.78 is 0. The van der Waals surface area contributed by atoms with Crippen molar-refractivity contribution in [1.29, 1.82) is 0 Å². The van der Waals surface area contributed by atoms with E-state index in [1.54, 1.807) is 24.3 Å². The maximum atomic E-state index is 12.4. The summed E-state index contributed by atoms with van der Waals surface area (Å²) in [6.45, 7) is 1.50. The molecule has 0 fully saturated rings. The predicted molar refractivity (Wildman–Crippen MR) is 97.0 cm³/mol. The van der Waals surface area contributed by atoms with Crippen LogP contribution in [-0.2, 0) is 0 Å². The number of ketones is 1. The number of hydrogen-bond donors (Lipinski definition) is 0. The van der Waals surface area contributed by atoms with Gasteiger partial charge in [0, 0.05) is 29.6 Å². The Bertz CT molecular complexity index is 387. The first-order valence-electron chi connectivity index (χ1n) is 5.99. The average molecular weight is 431 g/mol. The zero-order valence-electron chi connectivity index (χ0n) is 12.3. The van der Waals surface area contributed by atoms with Crippen LogP contribution >= 0.6 is 45.6 Å². The van der Waals surface area contributed by atoms with E-state index in [0.717, 1.165) is 18.7 Å². The van der Waals surface area contributed by atoms with Gasteiger partial charge in [0.05, 0.1) is 0 Å². The molecule has 0 saturated carbocycles. The van der Waals surface area contributed by atoms with E-state index in [2.05, 4.69) is 0 Å².